The molecule has 0 radical (unpaired) electrons. The molecule has 0 saturated carbocycles. The maximum absolute atomic E-state index is 13.7. The van der Waals surface area contributed by atoms with Gasteiger partial charge in [0, 0.05) is 45.0 Å². The van der Waals surface area contributed by atoms with Crippen LogP contribution in [0.3, 0.4) is 0 Å². The Morgan fingerprint density at radius 2 is 1.77 bits per heavy atom. The first-order valence-corrected chi connectivity index (χ1v) is 8.85. The second-order valence-electron chi connectivity index (χ2n) is 6.36. The van der Waals surface area contributed by atoms with Gasteiger partial charge in [0.2, 0.25) is 5.91 Å². The van der Waals surface area contributed by atoms with Gasteiger partial charge in [0.1, 0.15) is 5.82 Å². The van der Waals surface area contributed by atoms with E-state index < -0.39 is 0 Å². The summed E-state index contributed by atoms with van der Waals surface area (Å²) >= 11 is 0. The number of aromatic nitrogens is 1. The lowest BCUT2D eigenvalue weighted by Gasteiger charge is -2.22. The number of hydrogen-bond donors (Lipinski definition) is 0. The molecular weight excluding hydrogens is 333 g/mol. The van der Waals surface area contributed by atoms with E-state index in [2.05, 4.69) is 4.98 Å². The van der Waals surface area contributed by atoms with Gasteiger partial charge in [-0.25, -0.2) is 4.39 Å². The van der Waals surface area contributed by atoms with Crippen molar-refractivity contribution in [2.24, 2.45) is 0 Å². The Balaban J connectivity index is 1.54. The standard InChI is InChI=1S/C20H22FN3O2/c21-18-7-2-1-5-16(18)8-9-19(25)23-11-4-12-24(14-13-23)20(26)17-6-3-10-22-15-17/h1-3,5-7,10,15H,4,8-9,11-14H2. The minimum absolute atomic E-state index is 0.00364. The second-order valence-corrected chi connectivity index (χ2v) is 6.36. The number of benzene rings is 1. The van der Waals surface area contributed by atoms with Crippen molar-refractivity contribution >= 4 is 11.8 Å². The highest BCUT2D eigenvalue weighted by atomic mass is 19.1. The average Bonchev–Trinajstić information content (AvgIpc) is 2.93. The number of carbonyl (C=O) groups is 2. The van der Waals surface area contributed by atoms with Gasteiger partial charge in [-0.15, -0.1) is 0 Å². The topological polar surface area (TPSA) is 53.5 Å². The lowest BCUT2D eigenvalue weighted by Crippen LogP contribution is -2.37. The first-order valence-electron chi connectivity index (χ1n) is 8.85. The van der Waals surface area contributed by atoms with Gasteiger partial charge in [0.05, 0.1) is 5.56 Å². The molecule has 1 aromatic carbocycles. The summed E-state index contributed by atoms with van der Waals surface area (Å²) in [4.78, 5) is 32.5. The van der Waals surface area contributed by atoms with Crippen LogP contribution < -0.4 is 0 Å². The first-order chi connectivity index (χ1) is 12.6. The zero-order chi connectivity index (χ0) is 18.4. The summed E-state index contributed by atoms with van der Waals surface area (Å²) in [5, 5.41) is 0. The molecule has 0 bridgehead atoms. The van der Waals surface area contributed by atoms with Gasteiger partial charge in [-0.05, 0) is 36.6 Å². The molecule has 2 aromatic rings. The van der Waals surface area contributed by atoms with E-state index in [1.807, 2.05) is 0 Å². The number of rotatable bonds is 4. The summed E-state index contributed by atoms with van der Waals surface area (Å²) in [5.74, 6) is -0.327. The molecule has 1 fully saturated rings. The van der Waals surface area contributed by atoms with Crippen molar-refractivity contribution in [1.29, 1.82) is 0 Å². The third-order valence-corrected chi connectivity index (χ3v) is 4.61. The molecule has 2 heterocycles. The van der Waals surface area contributed by atoms with Crippen molar-refractivity contribution in [2.45, 2.75) is 19.3 Å². The Morgan fingerprint density at radius 1 is 1.00 bits per heavy atom. The molecule has 0 aliphatic carbocycles. The number of carbonyl (C=O) groups excluding carboxylic acids is 2. The number of halogens is 1. The molecule has 1 saturated heterocycles. The van der Waals surface area contributed by atoms with E-state index in [-0.39, 0.29) is 24.1 Å². The molecule has 0 spiro atoms. The van der Waals surface area contributed by atoms with Crippen LogP contribution in [0.25, 0.3) is 0 Å². The predicted octanol–water partition coefficient (Wildman–Crippen LogP) is 2.53. The Kier molecular flexibility index (Phi) is 5.94. The van der Waals surface area contributed by atoms with Crippen LogP contribution >= 0.6 is 0 Å². The van der Waals surface area contributed by atoms with Crippen LogP contribution in [-0.4, -0.2) is 52.8 Å². The molecule has 0 unspecified atom stereocenters. The van der Waals surface area contributed by atoms with Crippen molar-refractivity contribution in [3.63, 3.8) is 0 Å². The first kappa shape index (κ1) is 18.0. The molecular formula is C20H22FN3O2. The molecule has 0 N–H and O–H groups in total. The number of nitrogens with zero attached hydrogens (tertiary/aromatic N) is 3. The van der Waals surface area contributed by atoms with Gasteiger partial charge in [-0.2, -0.15) is 0 Å². The lowest BCUT2D eigenvalue weighted by atomic mass is 10.1. The number of hydrogen-bond acceptors (Lipinski definition) is 3. The summed E-state index contributed by atoms with van der Waals surface area (Å²) < 4.78 is 13.7. The van der Waals surface area contributed by atoms with E-state index in [0.29, 0.717) is 43.7 Å². The lowest BCUT2D eigenvalue weighted by molar-refractivity contribution is -0.131. The SMILES string of the molecule is O=C(CCc1ccccc1F)N1CCCN(C(=O)c2cccnc2)CC1. The maximum Gasteiger partial charge on any atom is 0.255 e. The second kappa shape index (κ2) is 8.56. The fourth-order valence-electron chi connectivity index (χ4n) is 3.14. The van der Waals surface area contributed by atoms with Crippen LogP contribution in [0.15, 0.2) is 48.8 Å². The average molecular weight is 355 g/mol. The van der Waals surface area contributed by atoms with E-state index in [0.717, 1.165) is 6.42 Å². The number of pyridine rings is 1. The molecule has 5 nitrogen and oxygen atoms in total. The van der Waals surface area contributed by atoms with E-state index in [1.54, 1.807) is 52.5 Å². The zero-order valence-electron chi connectivity index (χ0n) is 14.6. The fourth-order valence-corrected chi connectivity index (χ4v) is 3.14. The fraction of sp³-hybridized carbons (Fsp3) is 0.350. The molecule has 1 aromatic heterocycles. The number of aryl methyl sites for hydroxylation is 1. The summed E-state index contributed by atoms with van der Waals surface area (Å²) in [5.41, 5.74) is 1.12. The Morgan fingerprint density at radius 3 is 2.54 bits per heavy atom. The highest BCUT2D eigenvalue weighted by Crippen LogP contribution is 2.12. The van der Waals surface area contributed by atoms with Gasteiger partial charge in [0.15, 0.2) is 0 Å². The molecule has 2 amide bonds. The van der Waals surface area contributed by atoms with E-state index in [4.69, 9.17) is 0 Å². The summed E-state index contributed by atoms with van der Waals surface area (Å²) in [7, 11) is 0. The van der Waals surface area contributed by atoms with Crippen LogP contribution in [0.4, 0.5) is 4.39 Å². The van der Waals surface area contributed by atoms with Crippen LogP contribution in [0.5, 0.6) is 0 Å². The molecule has 1 aliphatic rings. The molecule has 3 rings (SSSR count). The van der Waals surface area contributed by atoms with Crippen LogP contribution in [0.2, 0.25) is 0 Å². The zero-order valence-corrected chi connectivity index (χ0v) is 14.6. The van der Waals surface area contributed by atoms with E-state index >= 15 is 0 Å². The van der Waals surface area contributed by atoms with Gasteiger partial charge in [-0.3, -0.25) is 14.6 Å². The maximum atomic E-state index is 13.7. The molecule has 1 aliphatic heterocycles. The minimum atomic E-state index is -0.274. The van der Waals surface area contributed by atoms with E-state index in [1.165, 1.54) is 6.07 Å². The number of amides is 2. The molecule has 6 heteroatoms. The van der Waals surface area contributed by atoms with Crippen molar-refractivity contribution < 1.29 is 14.0 Å². The largest absolute Gasteiger partial charge is 0.341 e. The van der Waals surface area contributed by atoms with Crippen LogP contribution in [0.1, 0.15) is 28.8 Å². The van der Waals surface area contributed by atoms with Crippen molar-refractivity contribution in [1.82, 2.24) is 14.8 Å². The third-order valence-electron chi connectivity index (χ3n) is 4.61. The van der Waals surface area contributed by atoms with E-state index in [9.17, 15) is 14.0 Å². The highest BCUT2D eigenvalue weighted by Gasteiger charge is 2.22. The Bertz CT molecular complexity index is 767. The van der Waals surface area contributed by atoms with Crippen LogP contribution in [0, 0.1) is 5.82 Å². The third kappa shape index (κ3) is 4.45. The van der Waals surface area contributed by atoms with Gasteiger partial charge >= 0.3 is 0 Å². The smallest absolute Gasteiger partial charge is 0.255 e. The van der Waals surface area contributed by atoms with Gasteiger partial charge < -0.3 is 9.80 Å². The Labute approximate surface area is 152 Å². The molecule has 136 valence electrons. The molecule has 0 atom stereocenters. The monoisotopic (exact) mass is 355 g/mol. The normalized spacial score (nSPS) is 14.8. The highest BCUT2D eigenvalue weighted by molar-refractivity contribution is 5.94. The predicted molar refractivity (Wildman–Crippen MR) is 96.1 cm³/mol. The molecule has 26 heavy (non-hydrogen) atoms. The quantitative estimate of drug-likeness (QED) is 0.847. The van der Waals surface area contributed by atoms with Crippen molar-refractivity contribution in [3.8, 4) is 0 Å². The van der Waals surface area contributed by atoms with Crippen molar-refractivity contribution in [3.05, 3.63) is 65.7 Å². The summed E-state index contributed by atoms with van der Waals surface area (Å²) in [6.07, 6.45) is 4.59. The van der Waals surface area contributed by atoms with Crippen LogP contribution in [-0.2, 0) is 11.2 Å². The Hall–Kier alpha value is -2.76. The van der Waals surface area contributed by atoms with Crippen molar-refractivity contribution in [2.75, 3.05) is 26.2 Å². The summed E-state index contributed by atoms with van der Waals surface area (Å²) in [6.45, 7) is 2.24. The van der Waals surface area contributed by atoms with Gasteiger partial charge in [0.25, 0.3) is 5.91 Å². The van der Waals surface area contributed by atoms with Gasteiger partial charge in [-0.1, -0.05) is 18.2 Å². The minimum Gasteiger partial charge on any atom is -0.341 e. The summed E-state index contributed by atoms with van der Waals surface area (Å²) in [6, 6.07) is 10.0.